The first-order valence-corrected chi connectivity index (χ1v) is 6.07. The van der Waals surface area contributed by atoms with Gasteiger partial charge < -0.3 is 21.1 Å². The van der Waals surface area contributed by atoms with Gasteiger partial charge in [-0.25, -0.2) is 4.79 Å². The van der Waals surface area contributed by atoms with Crippen LogP contribution in [-0.4, -0.2) is 31.1 Å². The van der Waals surface area contributed by atoms with E-state index in [0.29, 0.717) is 13.1 Å². The molecule has 1 aromatic rings. The van der Waals surface area contributed by atoms with Crippen molar-refractivity contribution in [2.24, 2.45) is 5.73 Å². The van der Waals surface area contributed by atoms with Gasteiger partial charge in [0.15, 0.2) is 0 Å². The minimum Gasteiger partial charge on any atom is -0.445 e. The molecule has 4 N–H and O–H groups in total. The molecule has 0 radical (unpaired) electrons. The van der Waals surface area contributed by atoms with Gasteiger partial charge in [-0.15, -0.1) is 0 Å². The zero-order chi connectivity index (χ0) is 14.1. The fourth-order valence-electron chi connectivity index (χ4n) is 1.29. The van der Waals surface area contributed by atoms with Gasteiger partial charge in [0.05, 0.1) is 6.04 Å². The zero-order valence-electron chi connectivity index (χ0n) is 10.9. The van der Waals surface area contributed by atoms with Crippen LogP contribution >= 0.6 is 0 Å². The quantitative estimate of drug-likeness (QED) is 0.648. The van der Waals surface area contributed by atoms with Crippen molar-refractivity contribution in [1.82, 2.24) is 10.6 Å². The molecule has 0 saturated carbocycles. The minimum atomic E-state index is -0.551. The van der Waals surface area contributed by atoms with Crippen LogP contribution in [0.1, 0.15) is 12.5 Å². The van der Waals surface area contributed by atoms with Crippen LogP contribution in [0.4, 0.5) is 4.79 Å². The first-order valence-electron chi connectivity index (χ1n) is 6.07. The lowest BCUT2D eigenvalue weighted by Crippen LogP contribution is -2.42. The maximum Gasteiger partial charge on any atom is 0.407 e. The Bertz CT molecular complexity index is 407. The number of nitrogens with two attached hydrogens (primary N) is 1. The fourth-order valence-corrected chi connectivity index (χ4v) is 1.29. The van der Waals surface area contributed by atoms with Crippen LogP contribution in [0.5, 0.6) is 0 Å². The number of rotatable bonds is 6. The fraction of sp³-hybridized carbons (Fsp3) is 0.385. The summed E-state index contributed by atoms with van der Waals surface area (Å²) in [5, 5.41) is 5.11. The van der Waals surface area contributed by atoms with Gasteiger partial charge in [-0.1, -0.05) is 30.3 Å². The first kappa shape index (κ1) is 15.0. The number of benzene rings is 1. The third-order valence-corrected chi connectivity index (χ3v) is 2.32. The van der Waals surface area contributed by atoms with E-state index >= 15 is 0 Å². The molecule has 0 unspecified atom stereocenters. The Hall–Kier alpha value is -2.08. The smallest absolute Gasteiger partial charge is 0.407 e. The van der Waals surface area contributed by atoms with Crippen molar-refractivity contribution in [3.8, 4) is 0 Å². The van der Waals surface area contributed by atoms with E-state index in [-0.39, 0.29) is 12.5 Å². The number of ether oxygens (including phenoxy) is 1. The van der Waals surface area contributed by atoms with Gasteiger partial charge in [0.2, 0.25) is 5.91 Å². The lowest BCUT2D eigenvalue weighted by molar-refractivity contribution is -0.121. The maximum atomic E-state index is 11.3. The Kier molecular flexibility index (Phi) is 6.38. The molecule has 0 aliphatic heterocycles. The molecule has 0 aliphatic carbocycles. The van der Waals surface area contributed by atoms with Crippen molar-refractivity contribution in [2.45, 2.75) is 19.6 Å². The van der Waals surface area contributed by atoms with Crippen LogP contribution in [-0.2, 0) is 16.1 Å². The Morgan fingerprint density at radius 1 is 1.21 bits per heavy atom. The van der Waals surface area contributed by atoms with Gasteiger partial charge in [-0.05, 0) is 12.5 Å². The van der Waals surface area contributed by atoms with Crippen molar-refractivity contribution in [3.63, 3.8) is 0 Å². The summed E-state index contributed by atoms with van der Waals surface area (Å²) in [6.07, 6.45) is -0.515. The Balaban J connectivity index is 2.10. The summed E-state index contributed by atoms with van der Waals surface area (Å²) in [5.41, 5.74) is 6.29. The summed E-state index contributed by atoms with van der Waals surface area (Å²) >= 11 is 0. The predicted molar refractivity (Wildman–Crippen MR) is 71.3 cm³/mol. The highest BCUT2D eigenvalue weighted by atomic mass is 16.5. The Labute approximate surface area is 112 Å². The Morgan fingerprint density at radius 2 is 1.84 bits per heavy atom. The van der Waals surface area contributed by atoms with Gasteiger partial charge in [0.1, 0.15) is 6.61 Å². The van der Waals surface area contributed by atoms with Crippen LogP contribution < -0.4 is 16.4 Å². The van der Waals surface area contributed by atoms with E-state index < -0.39 is 12.1 Å². The molecule has 104 valence electrons. The summed E-state index contributed by atoms with van der Waals surface area (Å²) in [6, 6.07) is 8.84. The first-order chi connectivity index (χ1) is 9.09. The maximum absolute atomic E-state index is 11.3. The SMILES string of the molecule is C[C@H](N)C(=O)NCCNC(=O)OCc1ccccc1. The molecule has 6 nitrogen and oxygen atoms in total. The van der Waals surface area contributed by atoms with Crippen molar-refractivity contribution < 1.29 is 14.3 Å². The van der Waals surface area contributed by atoms with Gasteiger partial charge in [-0.3, -0.25) is 4.79 Å². The van der Waals surface area contributed by atoms with Gasteiger partial charge >= 0.3 is 6.09 Å². The molecule has 1 aromatic carbocycles. The average Bonchev–Trinajstić information content (AvgIpc) is 2.42. The lowest BCUT2D eigenvalue weighted by Gasteiger charge is -2.09. The molecule has 0 heterocycles. The topological polar surface area (TPSA) is 93.5 Å². The molecule has 0 bridgehead atoms. The number of hydrogen-bond donors (Lipinski definition) is 3. The molecule has 19 heavy (non-hydrogen) atoms. The molecular formula is C13H19N3O3. The van der Waals surface area contributed by atoms with Crippen molar-refractivity contribution in [2.75, 3.05) is 13.1 Å². The molecule has 0 aliphatic rings. The molecule has 0 spiro atoms. The standard InChI is InChI=1S/C13H19N3O3/c1-10(14)12(17)15-7-8-16-13(18)19-9-11-5-3-2-4-6-11/h2-6,10H,7-9,14H2,1H3,(H,15,17)(H,16,18)/t10-/m0/s1. The van der Waals surface area contributed by atoms with Gasteiger partial charge in [0.25, 0.3) is 0 Å². The van der Waals surface area contributed by atoms with Crippen LogP contribution in [0.15, 0.2) is 30.3 Å². The summed E-state index contributed by atoms with van der Waals surface area (Å²) in [7, 11) is 0. The molecule has 1 rings (SSSR count). The number of alkyl carbamates (subject to hydrolysis) is 1. The minimum absolute atomic E-state index is 0.221. The van der Waals surface area contributed by atoms with E-state index in [1.54, 1.807) is 6.92 Å². The number of amides is 2. The number of nitrogens with one attached hydrogen (secondary N) is 2. The molecule has 2 amide bonds. The van der Waals surface area contributed by atoms with Crippen LogP contribution in [0.3, 0.4) is 0 Å². The van der Waals surface area contributed by atoms with E-state index in [0.717, 1.165) is 5.56 Å². The van der Waals surface area contributed by atoms with E-state index in [9.17, 15) is 9.59 Å². The lowest BCUT2D eigenvalue weighted by atomic mass is 10.2. The summed E-state index contributed by atoms with van der Waals surface area (Å²) in [5.74, 6) is -0.251. The number of hydrogen-bond acceptors (Lipinski definition) is 4. The third-order valence-electron chi connectivity index (χ3n) is 2.32. The summed E-state index contributed by atoms with van der Waals surface area (Å²) < 4.78 is 5.00. The number of carbonyl (C=O) groups is 2. The number of carbonyl (C=O) groups excluding carboxylic acids is 2. The normalized spacial score (nSPS) is 11.5. The van der Waals surface area contributed by atoms with E-state index in [2.05, 4.69) is 10.6 Å². The Morgan fingerprint density at radius 3 is 2.47 bits per heavy atom. The van der Waals surface area contributed by atoms with E-state index in [4.69, 9.17) is 10.5 Å². The van der Waals surface area contributed by atoms with E-state index in [1.807, 2.05) is 30.3 Å². The highest BCUT2D eigenvalue weighted by molar-refractivity contribution is 5.80. The van der Waals surface area contributed by atoms with Gasteiger partial charge in [-0.2, -0.15) is 0 Å². The predicted octanol–water partition coefficient (Wildman–Crippen LogP) is 0.376. The summed E-state index contributed by atoms with van der Waals surface area (Å²) in [6.45, 7) is 2.43. The molecule has 0 saturated heterocycles. The molecule has 0 aromatic heterocycles. The second kappa shape index (κ2) is 8.10. The van der Waals surface area contributed by atoms with Crippen LogP contribution in [0.2, 0.25) is 0 Å². The molecular weight excluding hydrogens is 246 g/mol. The average molecular weight is 265 g/mol. The highest BCUT2D eigenvalue weighted by Crippen LogP contribution is 2.00. The molecule has 0 fully saturated rings. The monoisotopic (exact) mass is 265 g/mol. The van der Waals surface area contributed by atoms with E-state index in [1.165, 1.54) is 0 Å². The molecule has 1 atom stereocenters. The highest BCUT2D eigenvalue weighted by Gasteiger charge is 2.06. The second-order valence-corrected chi connectivity index (χ2v) is 4.07. The van der Waals surface area contributed by atoms with Crippen molar-refractivity contribution in [3.05, 3.63) is 35.9 Å². The second-order valence-electron chi connectivity index (χ2n) is 4.07. The zero-order valence-corrected chi connectivity index (χ0v) is 10.9. The van der Waals surface area contributed by atoms with Crippen molar-refractivity contribution >= 4 is 12.0 Å². The third kappa shape index (κ3) is 6.42. The van der Waals surface area contributed by atoms with Crippen LogP contribution in [0.25, 0.3) is 0 Å². The van der Waals surface area contributed by atoms with Gasteiger partial charge in [0, 0.05) is 13.1 Å². The van der Waals surface area contributed by atoms with Crippen LogP contribution in [0, 0.1) is 0 Å². The largest absolute Gasteiger partial charge is 0.445 e. The van der Waals surface area contributed by atoms with Crippen molar-refractivity contribution in [1.29, 1.82) is 0 Å². The summed E-state index contributed by atoms with van der Waals surface area (Å²) in [4.78, 5) is 22.4. The molecule has 6 heteroatoms.